The Morgan fingerprint density at radius 3 is 2.50 bits per heavy atom. The van der Waals surface area contributed by atoms with E-state index in [1.165, 1.54) is 11.8 Å². The van der Waals surface area contributed by atoms with Crippen LogP contribution >= 0.6 is 11.8 Å². The average molecular weight is 633 g/mol. The van der Waals surface area contributed by atoms with Crippen LogP contribution in [0.1, 0.15) is 57.8 Å². The maximum Gasteiger partial charge on any atom is 0.242 e. The lowest BCUT2D eigenvalue weighted by atomic mass is 10.00. The highest BCUT2D eigenvalue weighted by molar-refractivity contribution is 8.00. The molecule has 0 radical (unpaired) electrons. The Balaban J connectivity index is 1.44. The summed E-state index contributed by atoms with van der Waals surface area (Å²) in [6.07, 6.45) is 15.7. The van der Waals surface area contributed by atoms with E-state index in [4.69, 9.17) is 15.9 Å². The van der Waals surface area contributed by atoms with E-state index in [1.807, 2.05) is 18.2 Å². The molecule has 0 bridgehead atoms. The molecule has 1 aliphatic heterocycles. The Morgan fingerprint density at radius 2 is 1.77 bits per heavy atom. The van der Waals surface area contributed by atoms with Crippen LogP contribution in [0.4, 0.5) is 0 Å². The van der Waals surface area contributed by atoms with Gasteiger partial charge in [-0.2, -0.15) is 0 Å². The summed E-state index contributed by atoms with van der Waals surface area (Å²) in [5.74, 6) is 1.76. The van der Waals surface area contributed by atoms with Gasteiger partial charge in [0, 0.05) is 63.9 Å². The molecule has 1 heterocycles. The number of carbonyl (C=O) groups excluding carboxylic acids is 6. The zero-order valence-corrected chi connectivity index (χ0v) is 26.0. The second kappa shape index (κ2) is 22.1. The van der Waals surface area contributed by atoms with Crippen molar-refractivity contribution >= 4 is 47.6 Å². The lowest BCUT2D eigenvalue weighted by Gasteiger charge is -2.17. The summed E-state index contributed by atoms with van der Waals surface area (Å²) in [7, 11) is 0. The van der Waals surface area contributed by atoms with Crippen molar-refractivity contribution in [2.24, 2.45) is 0 Å². The van der Waals surface area contributed by atoms with Crippen LogP contribution in [0.2, 0.25) is 0 Å². The van der Waals surface area contributed by atoms with E-state index in [9.17, 15) is 28.8 Å². The molecule has 2 unspecified atom stereocenters. The fourth-order valence-electron chi connectivity index (χ4n) is 4.33. The Morgan fingerprint density at radius 1 is 1.02 bits per heavy atom. The number of likely N-dealkylation sites (tertiary alicyclic amines) is 1. The van der Waals surface area contributed by atoms with Crippen LogP contribution in [0, 0.1) is 12.3 Å². The largest absolute Gasteiger partial charge is 0.379 e. The van der Waals surface area contributed by atoms with Crippen LogP contribution < -0.4 is 16.0 Å². The molecule has 13 heteroatoms. The van der Waals surface area contributed by atoms with E-state index in [1.54, 1.807) is 0 Å². The fraction of sp³-hybridized carbons (Fsp3) is 0.613. The second-order valence-electron chi connectivity index (χ2n) is 10.2. The molecule has 1 saturated heterocycles. The van der Waals surface area contributed by atoms with Gasteiger partial charge in [0.15, 0.2) is 0 Å². The van der Waals surface area contributed by atoms with Gasteiger partial charge in [0.2, 0.25) is 29.5 Å². The number of hydrogen-bond acceptors (Lipinski definition) is 9. The molecule has 2 rings (SSSR count). The van der Waals surface area contributed by atoms with Crippen molar-refractivity contribution in [2.75, 3.05) is 51.8 Å². The molecule has 12 nitrogen and oxygen atoms in total. The van der Waals surface area contributed by atoms with Crippen LogP contribution in [0.25, 0.3) is 0 Å². The van der Waals surface area contributed by atoms with Crippen molar-refractivity contribution in [3.8, 4) is 12.3 Å². The molecule has 0 aromatic carbocycles. The van der Waals surface area contributed by atoms with Gasteiger partial charge in [-0.1, -0.05) is 23.8 Å². The average Bonchev–Trinajstić information content (AvgIpc) is 3.28. The number of imide groups is 1. The number of nitrogens with one attached hydrogen (secondary N) is 3. The van der Waals surface area contributed by atoms with Crippen LogP contribution in [0.3, 0.4) is 0 Å². The maximum absolute atomic E-state index is 12.6. The molecular formula is C31H44N4O8S. The van der Waals surface area contributed by atoms with Crippen molar-refractivity contribution in [1.82, 2.24) is 20.9 Å². The summed E-state index contributed by atoms with van der Waals surface area (Å²) in [4.78, 5) is 72.5. The smallest absolute Gasteiger partial charge is 0.242 e. The summed E-state index contributed by atoms with van der Waals surface area (Å²) in [6.45, 7) is 1.94. The Labute approximate surface area is 263 Å². The molecule has 3 N–H and O–H groups in total. The van der Waals surface area contributed by atoms with E-state index < -0.39 is 5.25 Å². The first kappa shape index (κ1) is 36.7. The molecule has 242 valence electrons. The van der Waals surface area contributed by atoms with Gasteiger partial charge in [-0.15, -0.1) is 24.1 Å². The number of ether oxygens (including phenoxy) is 2. The van der Waals surface area contributed by atoms with E-state index in [0.29, 0.717) is 57.6 Å². The van der Waals surface area contributed by atoms with Crippen molar-refractivity contribution < 1.29 is 38.2 Å². The number of carbonyl (C=O) groups is 6. The first-order chi connectivity index (χ1) is 21.3. The summed E-state index contributed by atoms with van der Waals surface area (Å²) in [6, 6.07) is -0.0559. The van der Waals surface area contributed by atoms with Crippen LogP contribution in [-0.4, -0.2) is 104 Å². The number of thioether (sulfide) groups is 1. The molecule has 2 atom stereocenters. The third kappa shape index (κ3) is 15.3. The summed E-state index contributed by atoms with van der Waals surface area (Å²) in [5.41, 5.74) is 1.11. The van der Waals surface area contributed by atoms with Crippen molar-refractivity contribution in [3.63, 3.8) is 0 Å². The fourth-order valence-corrected chi connectivity index (χ4v) is 5.45. The van der Waals surface area contributed by atoms with Crippen LogP contribution in [-0.2, 0) is 38.2 Å². The third-order valence-electron chi connectivity index (χ3n) is 6.72. The molecule has 0 spiro atoms. The molecule has 44 heavy (non-hydrogen) atoms. The number of amides is 5. The van der Waals surface area contributed by atoms with Crippen molar-refractivity contribution in [2.45, 2.75) is 69.1 Å². The van der Waals surface area contributed by atoms with E-state index in [0.717, 1.165) is 16.8 Å². The molecule has 0 aromatic rings. The maximum atomic E-state index is 12.6. The molecule has 1 aliphatic carbocycles. The Hall–Kier alpha value is -3.47. The van der Waals surface area contributed by atoms with Crippen molar-refractivity contribution in [3.05, 3.63) is 23.8 Å². The minimum atomic E-state index is -0.537. The zero-order valence-electron chi connectivity index (χ0n) is 25.2. The molecular weight excluding hydrogens is 588 g/mol. The predicted octanol–water partition coefficient (Wildman–Crippen LogP) is 1.05. The predicted molar refractivity (Wildman–Crippen MR) is 166 cm³/mol. The van der Waals surface area contributed by atoms with Gasteiger partial charge in [0.25, 0.3) is 0 Å². The molecule has 0 aromatic heterocycles. The molecule has 0 saturated carbocycles. The highest BCUT2D eigenvalue weighted by Gasteiger charge is 2.38. The number of terminal acetylenes is 1. The highest BCUT2D eigenvalue weighted by Crippen LogP contribution is 2.25. The standard InChI is InChI=1S/C31H44N4O8S/c1-2-3-4-14-32-28(38)13-22-44-26-23-30(40)35(31(26)41)16-11-27(37)33-15-19-43-21-20-42-18-12-29(39)34-25-9-7-24(8-10-25)6-5-17-36/h1,7-9,17,25-26H,3-6,10-16,18-23H2,(H,32,38)(H,33,37)(H,34,39). The van der Waals surface area contributed by atoms with Crippen molar-refractivity contribution in [1.29, 1.82) is 0 Å². The topological polar surface area (TPSA) is 160 Å². The zero-order chi connectivity index (χ0) is 32.0. The second-order valence-corrected chi connectivity index (χ2v) is 11.5. The van der Waals surface area contributed by atoms with Crippen LogP contribution in [0.15, 0.2) is 23.8 Å². The number of allylic oxidation sites excluding steroid dienone is 2. The molecule has 5 amide bonds. The third-order valence-corrected chi connectivity index (χ3v) is 7.93. The Bertz CT molecular complexity index is 1090. The van der Waals surface area contributed by atoms with E-state index in [2.05, 4.69) is 21.9 Å². The first-order valence-electron chi connectivity index (χ1n) is 15.0. The lowest BCUT2D eigenvalue weighted by Crippen LogP contribution is -2.36. The van der Waals surface area contributed by atoms with Gasteiger partial charge in [-0.3, -0.25) is 28.9 Å². The van der Waals surface area contributed by atoms with Gasteiger partial charge in [0.05, 0.1) is 37.7 Å². The number of rotatable bonds is 23. The van der Waals surface area contributed by atoms with E-state index in [-0.39, 0.29) is 87.6 Å². The van der Waals surface area contributed by atoms with Crippen LogP contribution in [0.5, 0.6) is 0 Å². The van der Waals surface area contributed by atoms with E-state index >= 15 is 0 Å². The van der Waals surface area contributed by atoms with Gasteiger partial charge < -0.3 is 30.2 Å². The quantitative estimate of drug-likeness (QED) is 0.0648. The number of aldehydes is 1. The minimum Gasteiger partial charge on any atom is -0.379 e. The number of unbranched alkanes of at least 4 members (excludes halogenated alkanes) is 1. The number of hydrogen-bond donors (Lipinski definition) is 3. The van der Waals surface area contributed by atoms with Gasteiger partial charge >= 0.3 is 0 Å². The molecule has 2 aliphatic rings. The number of nitrogens with zero attached hydrogens (tertiary/aromatic N) is 1. The SMILES string of the molecule is C#CCCCNC(=O)CCSC1CC(=O)N(CCC(=O)NCCOCCOCCC(=O)NC2C=CC(CCC=O)=CC2)C1=O. The summed E-state index contributed by atoms with van der Waals surface area (Å²) in [5, 5.41) is 7.86. The molecule has 1 fully saturated rings. The van der Waals surface area contributed by atoms with Gasteiger partial charge in [0.1, 0.15) is 6.29 Å². The lowest BCUT2D eigenvalue weighted by molar-refractivity contribution is -0.138. The summed E-state index contributed by atoms with van der Waals surface area (Å²) < 4.78 is 10.9. The van der Waals surface area contributed by atoms with Gasteiger partial charge in [-0.05, 0) is 19.3 Å². The Kier molecular flexibility index (Phi) is 18.4. The normalized spacial score (nSPS) is 17.6. The summed E-state index contributed by atoms with van der Waals surface area (Å²) >= 11 is 1.28. The monoisotopic (exact) mass is 632 g/mol. The van der Waals surface area contributed by atoms with Gasteiger partial charge in [-0.25, -0.2) is 0 Å². The first-order valence-corrected chi connectivity index (χ1v) is 16.1. The highest BCUT2D eigenvalue weighted by atomic mass is 32.2. The minimum absolute atomic E-state index is 0.00558.